The number of carbonyl (C=O) groups is 1. The Labute approximate surface area is 169 Å². The number of benzene rings is 2. The first-order valence-electron chi connectivity index (χ1n) is 9.77. The molecule has 2 aromatic carbocycles. The lowest BCUT2D eigenvalue weighted by Gasteiger charge is -2.15. The van der Waals surface area contributed by atoms with E-state index in [1.807, 2.05) is 60.7 Å². The molecule has 1 heterocycles. The highest BCUT2D eigenvalue weighted by molar-refractivity contribution is 8.00. The van der Waals surface area contributed by atoms with E-state index in [1.165, 1.54) is 37.4 Å². The summed E-state index contributed by atoms with van der Waals surface area (Å²) in [7, 11) is 0. The normalized spacial score (nSPS) is 15.4. The monoisotopic (exact) mass is 392 g/mol. The van der Waals surface area contributed by atoms with Crippen LogP contribution in [-0.2, 0) is 11.2 Å². The summed E-state index contributed by atoms with van der Waals surface area (Å²) >= 11 is 1.38. The molecular weight excluding hydrogens is 368 g/mol. The molecule has 2 N–H and O–H groups in total. The maximum atomic E-state index is 13.0. The van der Waals surface area contributed by atoms with Gasteiger partial charge in [-0.15, -0.1) is 5.10 Å². The van der Waals surface area contributed by atoms with Gasteiger partial charge in [-0.05, 0) is 23.6 Å². The molecule has 0 radical (unpaired) electrons. The lowest BCUT2D eigenvalue weighted by atomic mass is 10.0. The Hall–Kier alpha value is -2.60. The van der Waals surface area contributed by atoms with Crippen LogP contribution in [0.25, 0.3) is 0 Å². The highest BCUT2D eigenvalue weighted by Gasteiger charge is 2.25. The number of H-pyrrole nitrogens is 1. The van der Waals surface area contributed by atoms with Gasteiger partial charge in [-0.3, -0.25) is 9.89 Å². The SMILES string of the molecule is O=C(Nc1ccccc1)C(Sc1n[nH]c(CC2CCCC2)n1)c1ccccc1. The van der Waals surface area contributed by atoms with Crippen LogP contribution in [0.5, 0.6) is 0 Å². The summed E-state index contributed by atoms with van der Waals surface area (Å²) < 4.78 is 0. The first-order valence-corrected chi connectivity index (χ1v) is 10.6. The summed E-state index contributed by atoms with van der Waals surface area (Å²) in [5.74, 6) is 1.55. The third kappa shape index (κ3) is 4.81. The van der Waals surface area contributed by atoms with E-state index in [0.29, 0.717) is 11.1 Å². The van der Waals surface area contributed by atoms with Crippen LogP contribution < -0.4 is 5.32 Å². The van der Waals surface area contributed by atoms with Crippen LogP contribution >= 0.6 is 11.8 Å². The molecule has 5 nitrogen and oxygen atoms in total. The highest BCUT2D eigenvalue weighted by Crippen LogP contribution is 2.35. The van der Waals surface area contributed by atoms with Crippen LogP contribution in [0.3, 0.4) is 0 Å². The average molecular weight is 393 g/mol. The summed E-state index contributed by atoms with van der Waals surface area (Å²) in [6.45, 7) is 0. The van der Waals surface area contributed by atoms with Crippen LogP contribution in [0.15, 0.2) is 65.8 Å². The molecule has 3 aromatic rings. The number of hydrogen-bond acceptors (Lipinski definition) is 4. The predicted molar refractivity (Wildman–Crippen MR) is 112 cm³/mol. The van der Waals surface area contributed by atoms with Gasteiger partial charge < -0.3 is 5.32 Å². The molecule has 1 aliphatic rings. The largest absolute Gasteiger partial charge is 0.325 e. The zero-order chi connectivity index (χ0) is 19.2. The molecule has 1 fully saturated rings. The fourth-order valence-corrected chi connectivity index (χ4v) is 4.58. The molecule has 0 saturated heterocycles. The Morgan fingerprint density at radius 2 is 1.75 bits per heavy atom. The molecule has 0 spiro atoms. The molecule has 1 atom stereocenters. The van der Waals surface area contributed by atoms with Gasteiger partial charge in [0.05, 0.1) is 0 Å². The molecule has 0 aliphatic heterocycles. The van der Waals surface area contributed by atoms with E-state index in [2.05, 4.69) is 20.5 Å². The van der Waals surface area contributed by atoms with E-state index in [0.717, 1.165) is 23.5 Å². The maximum Gasteiger partial charge on any atom is 0.242 e. The number of aromatic amines is 1. The van der Waals surface area contributed by atoms with Crippen LogP contribution in [0.2, 0.25) is 0 Å². The van der Waals surface area contributed by atoms with Crippen molar-refractivity contribution in [1.82, 2.24) is 15.2 Å². The third-order valence-corrected chi connectivity index (χ3v) is 6.19. The minimum absolute atomic E-state index is 0.0791. The van der Waals surface area contributed by atoms with Gasteiger partial charge in [-0.25, -0.2) is 4.98 Å². The van der Waals surface area contributed by atoms with Crippen molar-refractivity contribution in [3.63, 3.8) is 0 Å². The maximum absolute atomic E-state index is 13.0. The second-order valence-electron chi connectivity index (χ2n) is 7.18. The minimum atomic E-state index is -0.420. The number of amides is 1. The van der Waals surface area contributed by atoms with Crippen molar-refractivity contribution in [2.24, 2.45) is 5.92 Å². The van der Waals surface area contributed by atoms with Crippen LogP contribution in [-0.4, -0.2) is 21.1 Å². The number of hydrogen-bond donors (Lipinski definition) is 2. The molecular formula is C22H24N4OS. The van der Waals surface area contributed by atoms with E-state index in [-0.39, 0.29) is 5.91 Å². The number of rotatable bonds is 7. The molecule has 1 amide bonds. The van der Waals surface area contributed by atoms with Gasteiger partial charge >= 0.3 is 0 Å². The summed E-state index contributed by atoms with van der Waals surface area (Å²) in [6, 6.07) is 19.3. The summed E-state index contributed by atoms with van der Waals surface area (Å²) in [4.78, 5) is 17.7. The quantitative estimate of drug-likeness (QED) is 0.555. The van der Waals surface area contributed by atoms with E-state index in [9.17, 15) is 4.79 Å². The van der Waals surface area contributed by atoms with Gasteiger partial charge in [0.2, 0.25) is 11.1 Å². The highest BCUT2D eigenvalue weighted by atomic mass is 32.2. The van der Waals surface area contributed by atoms with Crippen molar-refractivity contribution in [3.05, 3.63) is 72.1 Å². The number of thioether (sulfide) groups is 1. The first-order chi connectivity index (χ1) is 13.8. The topological polar surface area (TPSA) is 70.7 Å². The van der Waals surface area contributed by atoms with Crippen molar-refractivity contribution in [3.8, 4) is 0 Å². The Balaban J connectivity index is 1.49. The number of nitrogens with one attached hydrogen (secondary N) is 2. The number of nitrogens with zero attached hydrogens (tertiary/aromatic N) is 2. The number of aromatic nitrogens is 3. The average Bonchev–Trinajstić information content (AvgIpc) is 3.40. The summed E-state index contributed by atoms with van der Waals surface area (Å²) in [5, 5.41) is 10.6. The van der Waals surface area contributed by atoms with E-state index in [1.54, 1.807) is 0 Å². The lowest BCUT2D eigenvalue weighted by Crippen LogP contribution is -2.19. The van der Waals surface area contributed by atoms with Crippen molar-refractivity contribution in [2.45, 2.75) is 42.5 Å². The molecule has 1 saturated carbocycles. The molecule has 6 heteroatoms. The van der Waals surface area contributed by atoms with Gasteiger partial charge in [0, 0.05) is 12.1 Å². The summed E-state index contributed by atoms with van der Waals surface area (Å²) in [5.41, 5.74) is 1.72. The molecule has 1 aromatic heterocycles. The molecule has 4 rings (SSSR count). The third-order valence-electron chi connectivity index (χ3n) is 5.07. The number of carbonyl (C=O) groups excluding carboxylic acids is 1. The fraction of sp³-hybridized carbons (Fsp3) is 0.318. The van der Waals surface area contributed by atoms with Gasteiger partial charge in [0.1, 0.15) is 11.1 Å². The first kappa shape index (κ1) is 18.7. The van der Waals surface area contributed by atoms with Crippen LogP contribution in [0.4, 0.5) is 5.69 Å². The zero-order valence-corrected chi connectivity index (χ0v) is 16.5. The Morgan fingerprint density at radius 1 is 1.07 bits per heavy atom. The van der Waals surface area contributed by atoms with Crippen molar-refractivity contribution >= 4 is 23.4 Å². The Bertz CT molecular complexity index is 891. The smallest absolute Gasteiger partial charge is 0.242 e. The molecule has 144 valence electrons. The van der Waals surface area contributed by atoms with E-state index in [4.69, 9.17) is 0 Å². The Morgan fingerprint density at radius 3 is 2.46 bits per heavy atom. The molecule has 1 aliphatic carbocycles. The predicted octanol–water partition coefficient (Wildman–Crippen LogP) is 5.01. The van der Waals surface area contributed by atoms with Crippen molar-refractivity contribution in [2.75, 3.05) is 5.32 Å². The molecule has 1 unspecified atom stereocenters. The summed E-state index contributed by atoms with van der Waals surface area (Å²) in [6.07, 6.45) is 6.12. The number of para-hydroxylation sites is 1. The van der Waals surface area contributed by atoms with Crippen molar-refractivity contribution in [1.29, 1.82) is 0 Å². The van der Waals surface area contributed by atoms with Gasteiger partial charge in [0.25, 0.3) is 0 Å². The standard InChI is InChI=1S/C22H24N4OS/c27-21(23-18-13-5-2-6-14-18)20(17-11-3-1-4-12-17)28-22-24-19(25-26-22)15-16-9-7-8-10-16/h1-6,11-14,16,20H,7-10,15H2,(H,23,27)(H,24,25,26). The molecule has 0 bridgehead atoms. The zero-order valence-electron chi connectivity index (χ0n) is 15.7. The van der Waals surface area contributed by atoms with E-state index < -0.39 is 5.25 Å². The van der Waals surface area contributed by atoms with E-state index >= 15 is 0 Å². The Kier molecular flexibility index (Phi) is 6.07. The van der Waals surface area contributed by atoms with Crippen molar-refractivity contribution < 1.29 is 4.79 Å². The second kappa shape index (κ2) is 9.06. The van der Waals surface area contributed by atoms with Gasteiger partial charge in [-0.2, -0.15) is 0 Å². The lowest BCUT2D eigenvalue weighted by molar-refractivity contribution is -0.115. The fourth-order valence-electron chi connectivity index (χ4n) is 3.65. The number of anilines is 1. The van der Waals surface area contributed by atoms with Gasteiger partial charge in [-0.1, -0.05) is 86.0 Å². The van der Waals surface area contributed by atoms with Gasteiger partial charge in [0.15, 0.2) is 0 Å². The second-order valence-corrected chi connectivity index (χ2v) is 8.26. The molecule has 28 heavy (non-hydrogen) atoms. The van der Waals surface area contributed by atoms with Crippen LogP contribution in [0, 0.1) is 5.92 Å². The van der Waals surface area contributed by atoms with Crippen LogP contribution in [0.1, 0.15) is 42.3 Å². The minimum Gasteiger partial charge on any atom is -0.325 e.